The van der Waals surface area contributed by atoms with Crippen molar-refractivity contribution in [2.75, 3.05) is 0 Å². The first-order valence-electron chi connectivity index (χ1n) is 7.08. The average Bonchev–Trinajstić information content (AvgIpc) is 2.45. The van der Waals surface area contributed by atoms with E-state index in [-0.39, 0.29) is 17.9 Å². The molecule has 0 saturated carbocycles. The third-order valence-corrected chi connectivity index (χ3v) is 3.21. The molecule has 0 aliphatic heterocycles. The van der Waals surface area contributed by atoms with Gasteiger partial charge < -0.3 is 10.6 Å². The second kappa shape index (κ2) is 6.39. The van der Waals surface area contributed by atoms with Crippen molar-refractivity contribution in [1.82, 2.24) is 10.6 Å². The van der Waals surface area contributed by atoms with Crippen LogP contribution in [0.1, 0.15) is 31.1 Å². The van der Waals surface area contributed by atoms with Crippen LogP contribution < -0.4 is 10.6 Å². The molecule has 0 aliphatic carbocycles. The summed E-state index contributed by atoms with van der Waals surface area (Å²) in [5.41, 5.74) is 0.581. The fourth-order valence-electron chi connectivity index (χ4n) is 2.17. The topological polar surface area (TPSA) is 58.2 Å². The van der Waals surface area contributed by atoms with Crippen LogP contribution in [-0.2, 0) is 4.79 Å². The molecule has 2 N–H and O–H groups in total. The number of benzene rings is 2. The molecule has 1 atom stereocenters. The highest BCUT2D eigenvalue weighted by Gasteiger charge is 2.18. The minimum absolute atomic E-state index is 0.0504. The zero-order chi connectivity index (χ0) is 15.4. The van der Waals surface area contributed by atoms with Crippen LogP contribution in [0.15, 0.2) is 42.5 Å². The van der Waals surface area contributed by atoms with Crippen molar-refractivity contribution in [1.29, 1.82) is 0 Å². The lowest BCUT2D eigenvalue weighted by Gasteiger charge is -2.16. The van der Waals surface area contributed by atoms with Crippen molar-refractivity contribution in [2.24, 2.45) is 0 Å². The van der Waals surface area contributed by atoms with Gasteiger partial charge in [0, 0.05) is 11.6 Å². The Hall–Kier alpha value is -2.36. The summed E-state index contributed by atoms with van der Waals surface area (Å²) in [7, 11) is 0. The number of hydrogen-bond donors (Lipinski definition) is 2. The van der Waals surface area contributed by atoms with Gasteiger partial charge in [0.05, 0.1) is 0 Å². The first kappa shape index (κ1) is 15.0. The molecule has 2 aromatic carbocycles. The van der Waals surface area contributed by atoms with Crippen LogP contribution >= 0.6 is 0 Å². The standard InChI is InChI=1S/C17H20N2O2/c1-11(2)18-16(20)12(3)19-17(21)15-10-6-8-13-7-4-5-9-14(13)15/h4-12H,1-3H3,(H,18,20)(H,19,21). The zero-order valence-electron chi connectivity index (χ0n) is 12.5. The summed E-state index contributed by atoms with van der Waals surface area (Å²) in [4.78, 5) is 24.2. The molecule has 0 heterocycles. The van der Waals surface area contributed by atoms with Crippen molar-refractivity contribution < 1.29 is 9.59 Å². The Morgan fingerprint density at radius 2 is 1.57 bits per heavy atom. The van der Waals surface area contributed by atoms with E-state index in [1.54, 1.807) is 13.0 Å². The Kier molecular flexibility index (Phi) is 4.58. The smallest absolute Gasteiger partial charge is 0.252 e. The zero-order valence-corrected chi connectivity index (χ0v) is 12.5. The summed E-state index contributed by atoms with van der Waals surface area (Å²) in [5, 5.41) is 7.41. The normalized spacial score (nSPS) is 12.2. The predicted octanol–water partition coefficient (Wildman–Crippen LogP) is 2.48. The molecular weight excluding hydrogens is 264 g/mol. The summed E-state index contributed by atoms with van der Waals surface area (Å²) < 4.78 is 0. The van der Waals surface area contributed by atoms with E-state index in [1.807, 2.05) is 50.2 Å². The third-order valence-electron chi connectivity index (χ3n) is 3.21. The van der Waals surface area contributed by atoms with Gasteiger partial charge in [-0.25, -0.2) is 0 Å². The third kappa shape index (κ3) is 3.60. The SMILES string of the molecule is CC(C)NC(=O)C(C)NC(=O)c1cccc2ccccc12. The van der Waals surface area contributed by atoms with Crippen LogP contribution in [0.2, 0.25) is 0 Å². The lowest BCUT2D eigenvalue weighted by Crippen LogP contribution is -2.46. The number of fused-ring (bicyclic) bond motifs is 1. The van der Waals surface area contributed by atoms with E-state index in [4.69, 9.17) is 0 Å². The van der Waals surface area contributed by atoms with Crippen LogP contribution in [0, 0.1) is 0 Å². The van der Waals surface area contributed by atoms with Crippen molar-refractivity contribution >= 4 is 22.6 Å². The molecule has 0 radical (unpaired) electrons. The van der Waals surface area contributed by atoms with E-state index in [2.05, 4.69) is 10.6 Å². The molecular formula is C17H20N2O2. The van der Waals surface area contributed by atoms with Crippen molar-refractivity contribution in [3.8, 4) is 0 Å². The minimum Gasteiger partial charge on any atom is -0.352 e. The van der Waals surface area contributed by atoms with Crippen LogP contribution in [0.5, 0.6) is 0 Å². The molecule has 1 unspecified atom stereocenters. The molecule has 0 aliphatic rings. The van der Waals surface area contributed by atoms with Crippen molar-refractivity contribution in [3.63, 3.8) is 0 Å². The van der Waals surface area contributed by atoms with E-state index < -0.39 is 6.04 Å². The van der Waals surface area contributed by atoms with Gasteiger partial charge in [-0.1, -0.05) is 36.4 Å². The first-order chi connectivity index (χ1) is 9.99. The van der Waals surface area contributed by atoms with Crippen LogP contribution in [-0.4, -0.2) is 23.9 Å². The molecule has 2 aromatic rings. The molecule has 2 amide bonds. The van der Waals surface area contributed by atoms with Gasteiger partial charge in [-0.05, 0) is 37.6 Å². The van der Waals surface area contributed by atoms with Crippen LogP contribution in [0.4, 0.5) is 0 Å². The predicted molar refractivity (Wildman–Crippen MR) is 84.2 cm³/mol. The second-order valence-electron chi connectivity index (χ2n) is 5.39. The molecule has 0 saturated heterocycles. The lowest BCUT2D eigenvalue weighted by molar-refractivity contribution is -0.123. The van der Waals surface area contributed by atoms with Gasteiger partial charge in [0.2, 0.25) is 5.91 Å². The monoisotopic (exact) mass is 284 g/mol. The quantitative estimate of drug-likeness (QED) is 0.906. The Balaban J connectivity index is 2.18. The van der Waals surface area contributed by atoms with Crippen LogP contribution in [0.3, 0.4) is 0 Å². The summed E-state index contributed by atoms with van der Waals surface area (Å²) in [6, 6.07) is 12.7. The molecule has 0 fully saturated rings. The summed E-state index contributed by atoms with van der Waals surface area (Å²) in [5.74, 6) is -0.420. The molecule has 110 valence electrons. The minimum atomic E-state index is -0.570. The maximum absolute atomic E-state index is 12.4. The van der Waals surface area contributed by atoms with E-state index in [1.165, 1.54) is 0 Å². The Morgan fingerprint density at radius 1 is 0.905 bits per heavy atom. The Labute approximate surface area is 124 Å². The van der Waals surface area contributed by atoms with E-state index in [0.29, 0.717) is 5.56 Å². The Bertz CT molecular complexity index is 659. The van der Waals surface area contributed by atoms with Gasteiger partial charge in [-0.2, -0.15) is 0 Å². The van der Waals surface area contributed by atoms with Gasteiger partial charge in [0.25, 0.3) is 5.91 Å². The van der Waals surface area contributed by atoms with Gasteiger partial charge in [0.1, 0.15) is 6.04 Å². The number of hydrogen-bond acceptors (Lipinski definition) is 2. The highest BCUT2D eigenvalue weighted by molar-refractivity contribution is 6.08. The largest absolute Gasteiger partial charge is 0.352 e. The molecule has 21 heavy (non-hydrogen) atoms. The van der Waals surface area contributed by atoms with Gasteiger partial charge in [-0.15, -0.1) is 0 Å². The van der Waals surface area contributed by atoms with Gasteiger partial charge in [-0.3, -0.25) is 9.59 Å². The molecule has 0 aromatic heterocycles. The number of carbonyl (C=O) groups excluding carboxylic acids is 2. The van der Waals surface area contributed by atoms with Gasteiger partial charge in [0.15, 0.2) is 0 Å². The van der Waals surface area contributed by atoms with Crippen LogP contribution in [0.25, 0.3) is 10.8 Å². The molecule has 2 rings (SSSR count). The van der Waals surface area contributed by atoms with Crippen molar-refractivity contribution in [2.45, 2.75) is 32.9 Å². The summed E-state index contributed by atoms with van der Waals surface area (Å²) in [6.07, 6.45) is 0. The van der Waals surface area contributed by atoms with E-state index in [9.17, 15) is 9.59 Å². The Morgan fingerprint density at radius 3 is 2.29 bits per heavy atom. The number of carbonyl (C=O) groups is 2. The fourth-order valence-corrected chi connectivity index (χ4v) is 2.17. The molecule has 0 bridgehead atoms. The molecule has 0 spiro atoms. The highest BCUT2D eigenvalue weighted by Crippen LogP contribution is 2.18. The van der Waals surface area contributed by atoms with E-state index >= 15 is 0 Å². The molecule has 4 heteroatoms. The summed E-state index contributed by atoms with van der Waals surface area (Å²) in [6.45, 7) is 5.45. The van der Waals surface area contributed by atoms with Gasteiger partial charge >= 0.3 is 0 Å². The molecule has 4 nitrogen and oxygen atoms in total. The maximum Gasteiger partial charge on any atom is 0.252 e. The maximum atomic E-state index is 12.4. The first-order valence-corrected chi connectivity index (χ1v) is 7.08. The number of amides is 2. The highest BCUT2D eigenvalue weighted by atomic mass is 16.2. The fraction of sp³-hybridized carbons (Fsp3) is 0.294. The second-order valence-corrected chi connectivity index (χ2v) is 5.39. The number of rotatable bonds is 4. The van der Waals surface area contributed by atoms with E-state index in [0.717, 1.165) is 10.8 Å². The number of nitrogens with one attached hydrogen (secondary N) is 2. The summed E-state index contributed by atoms with van der Waals surface area (Å²) >= 11 is 0. The average molecular weight is 284 g/mol. The lowest BCUT2D eigenvalue weighted by atomic mass is 10.0. The van der Waals surface area contributed by atoms with Crippen molar-refractivity contribution in [3.05, 3.63) is 48.0 Å².